The molecule has 0 saturated heterocycles. The van der Waals surface area contributed by atoms with Crippen LogP contribution in [0.15, 0.2) is 152 Å². The zero-order valence-corrected chi connectivity index (χ0v) is 58.3. The third-order valence-electron chi connectivity index (χ3n) is 17.6. The molecule has 0 fully saturated rings. The van der Waals surface area contributed by atoms with Crippen LogP contribution in [-0.4, -0.2) is 33.7 Å². The summed E-state index contributed by atoms with van der Waals surface area (Å²) in [5.74, 6) is -17.2. The lowest BCUT2D eigenvalue weighted by atomic mass is 9.86. The van der Waals surface area contributed by atoms with E-state index in [1.54, 1.807) is 11.0 Å². The fourth-order valence-corrected chi connectivity index (χ4v) is 11.9. The Labute approximate surface area is 611 Å². The minimum absolute atomic E-state index is 0.0401. The van der Waals surface area contributed by atoms with Crippen LogP contribution in [0.4, 0.5) is 116 Å². The van der Waals surface area contributed by atoms with Gasteiger partial charge in [0.15, 0.2) is 103 Å². The highest BCUT2D eigenvalue weighted by atomic mass is 19.4. The molecule has 109 heavy (non-hydrogen) atoms. The highest BCUT2D eigenvalue weighted by Gasteiger charge is 2.34. The van der Waals surface area contributed by atoms with Gasteiger partial charge in [-0.2, -0.15) is 13.2 Å². The maximum Gasteiger partial charge on any atom is 0.416 e. The van der Waals surface area contributed by atoms with Gasteiger partial charge in [0.05, 0.1) is 42.0 Å². The van der Waals surface area contributed by atoms with E-state index >= 15 is 0 Å². The van der Waals surface area contributed by atoms with Gasteiger partial charge in [0.2, 0.25) is 0 Å². The Morgan fingerprint density at radius 1 is 0.275 bits per heavy atom. The first kappa shape index (κ1) is 78.9. The van der Waals surface area contributed by atoms with Crippen molar-refractivity contribution >= 4 is 28.4 Å². The Morgan fingerprint density at radius 3 is 1.14 bits per heavy atom. The van der Waals surface area contributed by atoms with Crippen LogP contribution < -0.4 is 48.2 Å². The van der Waals surface area contributed by atoms with Crippen molar-refractivity contribution in [3.63, 3.8) is 0 Å². The monoisotopic (exact) mass is 1540 g/mol. The van der Waals surface area contributed by atoms with E-state index in [0.29, 0.717) is 72.8 Å². The Hall–Kier alpha value is -11.2. The second-order valence-corrected chi connectivity index (χ2v) is 27.4. The molecule has 574 valence electrons. The third kappa shape index (κ3) is 18.2. The summed E-state index contributed by atoms with van der Waals surface area (Å²) in [5.41, 5.74) is 3.65. The molecule has 10 nitrogen and oxygen atoms in total. The SMILES string of the molecule is CC(C)(C)c1ccc2c(c1)CN(c1ccc(F)c(F)c1)CO2.CC(C)(C)c1ccc2c(c1)CN(c1ccc(F)cc1F)CO2.Fc1cc(F)c(N2COc3cc(F)c(F)c(F)c3C2)c(F)c1.Fc1cc(F)c(N2COc3ccc(F)cc3C2)c(F)c1.Fc1cc2c(c(F)c1F)CN(c1cccc(C(F)(F)F)c1)CO2. The standard InChI is InChI=1S/2C18H19F2NO.C15H9F6NO.C14H7F6NO.C14H9F4NO/c1-18(2,3)13-4-7-17-12(8-13)10-21(11-22-17)16-6-5-14(19)9-15(16)20;1-18(2,3)13-4-7-17-12(8-13)10-21(11-22-17)14-5-6-15(19)16(20)9-14;16-11-5-12-10(13(17)14(11)18)6-22(7-23-12)9-3-1-2-8(4-9)15(19,20)21;15-6-1-9(17)14(10(18)2-6)21-4-7-11(22-5-21)3-8(16)13(20)12(7)19;15-9-1-2-13-8(3-9)6-19(7-20-13)14-11(17)4-10(16)5-12(14)18/h2*4-9H,10-11H2,1-3H3;1-5H,6-7H2;1-3H,4-5H2;1-5H,6-7H2. The molecule has 0 amide bonds. The molecule has 0 aliphatic carbocycles. The number of ether oxygens (including phenoxy) is 5. The molecule has 10 aromatic carbocycles. The fourth-order valence-electron chi connectivity index (χ4n) is 11.9. The van der Waals surface area contributed by atoms with Gasteiger partial charge in [0.25, 0.3) is 0 Å². The molecule has 30 heteroatoms. The number of hydrogen-bond donors (Lipinski definition) is 0. The molecule has 0 unspecified atom stereocenters. The lowest BCUT2D eigenvalue weighted by Crippen LogP contribution is -2.34. The van der Waals surface area contributed by atoms with Crippen molar-refractivity contribution in [2.75, 3.05) is 58.2 Å². The molecular formula is C79H63F20N5O5. The molecule has 5 heterocycles. The number of hydrogen-bond acceptors (Lipinski definition) is 10. The second-order valence-electron chi connectivity index (χ2n) is 27.4. The quantitative estimate of drug-likeness (QED) is 0.123. The van der Waals surface area contributed by atoms with Crippen LogP contribution in [0, 0.1) is 98.9 Å². The number of fused-ring (bicyclic) bond motifs is 5. The van der Waals surface area contributed by atoms with Gasteiger partial charge in [0.1, 0.15) is 69.2 Å². The molecule has 0 spiro atoms. The molecule has 15 rings (SSSR count). The van der Waals surface area contributed by atoms with Crippen LogP contribution in [-0.2, 0) is 49.7 Å². The molecule has 10 aromatic rings. The van der Waals surface area contributed by atoms with Crippen molar-refractivity contribution in [1.29, 1.82) is 0 Å². The Balaban J connectivity index is 0.000000135. The lowest BCUT2D eigenvalue weighted by Gasteiger charge is -2.32. The first-order chi connectivity index (χ1) is 51.4. The van der Waals surface area contributed by atoms with Crippen LogP contribution in [0.3, 0.4) is 0 Å². The summed E-state index contributed by atoms with van der Waals surface area (Å²) in [4.78, 5) is 7.09. The fraction of sp³-hybridized carbons (Fsp3) is 0.241. The zero-order chi connectivity index (χ0) is 78.9. The predicted molar refractivity (Wildman–Crippen MR) is 364 cm³/mol. The third-order valence-corrected chi connectivity index (χ3v) is 17.6. The Morgan fingerprint density at radius 2 is 0.661 bits per heavy atom. The van der Waals surface area contributed by atoms with Crippen LogP contribution in [0.25, 0.3) is 0 Å². The summed E-state index contributed by atoms with van der Waals surface area (Å²) in [6, 6.07) is 31.6. The van der Waals surface area contributed by atoms with Gasteiger partial charge in [0, 0.05) is 89.7 Å². The van der Waals surface area contributed by atoms with Gasteiger partial charge >= 0.3 is 6.18 Å². The minimum atomic E-state index is -4.52. The first-order valence-corrected chi connectivity index (χ1v) is 33.0. The largest absolute Gasteiger partial charge is 0.473 e. The normalized spacial score (nSPS) is 14.2. The minimum Gasteiger partial charge on any atom is -0.473 e. The van der Waals surface area contributed by atoms with Crippen LogP contribution >= 0.6 is 0 Å². The van der Waals surface area contributed by atoms with Crippen LogP contribution in [0.5, 0.6) is 28.7 Å². The smallest absolute Gasteiger partial charge is 0.416 e. The molecule has 0 aromatic heterocycles. The summed E-state index contributed by atoms with van der Waals surface area (Å²) in [6.45, 7) is 13.3. The maximum absolute atomic E-state index is 13.9. The lowest BCUT2D eigenvalue weighted by molar-refractivity contribution is -0.137. The van der Waals surface area contributed by atoms with Gasteiger partial charge in [-0.05, 0) is 107 Å². The number of anilines is 5. The summed E-state index contributed by atoms with van der Waals surface area (Å²) in [7, 11) is 0. The Bertz CT molecular complexity index is 5010. The van der Waals surface area contributed by atoms with Crippen molar-refractivity contribution in [3.05, 3.63) is 295 Å². The summed E-state index contributed by atoms with van der Waals surface area (Å²) in [6.07, 6.45) is -4.52. The number of rotatable bonds is 5. The number of benzene rings is 10. The summed E-state index contributed by atoms with van der Waals surface area (Å²) < 4.78 is 293. The van der Waals surface area contributed by atoms with Gasteiger partial charge in [-0.15, -0.1) is 0 Å². The summed E-state index contributed by atoms with van der Waals surface area (Å²) in [5, 5.41) is 0. The maximum atomic E-state index is 13.9. The Kier molecular flexibility index (Phi) is 23.1. The molecule has 0 atom stereocenters. The van der Waals surface area contributed by atoms with Gasteiger partial charge in [-0.1, -0.05) is 59.7 Å². The van der Waals surface area contributed by atoms with E-state index in [9.17, 15) is 87.8 Å². The van der Waals surface area contributed by atoms with Crippen molar-refractivity contribution in [1.82, 2.24) is 0 Å². The van der Waals surface area contributed by atoms with E-state index in [-0.39, 0.29) is 78.1 Å². The number of alkyl halides is 3. The molecule has 0 saturated carbocycles. The van der Waals surface area contributed by atoms with Crippen molar-refractivity contribution in [3.8, 4) is 28.7 Å². The van der Waals surface area contributed by atoms with E-state index in [0.717, 1.165) is 57.9 Å². The van der Waals surface area contributed by atoms with E-state index in [1.807, 2.05) is 17.0 Å². The number of halogens is 20. The second kappa shape index (κ2) is 31.9. The van der Waals surface area contributed by atoms with Gasteiger partial charge in [-0.25, -0.2) is 74.6 Å². The predicted octanol–water partition coefficient (Wildman–Crippen LogP) is 21.2. The van der Waals surface area contributed by atoms with Crippen molar-refractivity contribution in [2.45, 2.75) is 91.3 Å². The van der Waals surface area contributed by atoms with E-state index in [4.69, 9.17) is 23.7 Å². The first-order valence-electron chi connectivity index (χ1n) is 33.0. The molecule has 0 radical (unpaired) electrons. The van der Waals surface area contributed by atoms with E-state index in [2.05, 4.69) is 65.8 Å². The number of nitrogens with zero attached hydrogens (tertiary/aromatic N) is 5. The molecular weight excluding hydrogens is 1480 g/mol. The van der Waals surface area contributed by atoms with Crippen molar-refractivity contribution < 1.29 is 111 Å². The summed E-state index contributed by atoms with van der Waals surface area (Å²) >= 11 is 0. The van der Waals surface area contributed by atoms with Crippen LogP contribution in [0.2, 0.25) is 0 Å². The topological polar surface area (TPSA) is 62.3 Å². The zero-order valence-electron chi connectivity index (χ0n) is 58.3. The van der Waals surface area contributed by atoms with Crippen LogP contribution in [0.1, 0.15) is 86.1 Å². The molecule has 5 aliphatic heterocycles. The molecule has 5 aliphatic rings. The highest BCUT2D eigenvalue weighted by molar-refractivity contribution is 5.58. The highest BCUT2D eigenvalue weighted by Crippen LogP contribution is 2.41. The molecule has 0 bridgehead atoms. The van der Waals surface area contributed by atoms with Crippen molar-refractivity contribution in [2.24, 2.45) is 0 Å². The average molecular weight is 1540 g/mol. The van der Waals surface area contributed by atoms with E-state index in [1.165, 1.54) is 69.5 Å². The van der Waals surface area contributed by atoms with E-state index < -0.39 is 130 Å². The van der Waals surface area contributed by atoms with Gasteiger partial charge in [-0.3, -0.25) is 0 Å². The van der Waals surface area contributed by atoms with Gasteiger partial charge < -0.3 is 48.2 Å². The average Bonchev–Trinajstić information content (AvgIpc) is 0.782. The molecule has 0 N–H and O–H groups in total.